The number of hydrogen-bond acceptors (Lipinski definition) is 7. The Morgan fingerprint density at radius 2 is 1.82 bits per heavy atom. The van der Waals surface area contributed by atoms with Gasteiger partial charge in [0.1, 0.15) is 29.6 Å². The molecule has 1 unspecified atom stereocenters. The smallest absolute Gasteiger partial charge is 0.329 e. The number of rotatable bonds is 9. The van der Waals surface area contributed by atoms with Crippen LogP contribution < -0.4 is 19.1 Å². The molecule has 1 amide bonds. The summed E-state index contributed by atoms with van der Waals surface area (Å²) in [6.07, 6.45) is 1.42. The van der Waals surface area contributed by atoms with E-state index in [9.17, 15) is 18.0 Å². The maximum absolute atomic E-state index is 13.8. The van der Waals surface area contributed by atoms with Crippen molar-refractivity contribution in [3.8, 4) is 11.5 Å². The van der Waals surface area contributed by atoms with Crippen LogP contribution in [0.5, 0.6) is 11.5 Å². The number of nitrogens with one attached hydrogen (secondary N) is 1. The number of hydrogen-bond donors (Lipinski definition) is 2. The molecule has 0 bridgehead atoms. The average Bonchev–Trinajstić information content (AvgIpc) is 2.78. The molecule has 0 fully saturated rings. The van der Waals surface area contributed by atoms with Gasteiger partial charge in [-0.1, -0.05) is 18.2 Å². The topological polar surface area (TPSA) is 131 Å². The lowest BCUT2D eigenvalue weighted by atomic mass is 9.99. The highest BCUT2D eigenvalue weighted by atomic mass is 32.2. The molecule has 0 aromatic heterocycles. The van der Waals surface area contributed by atoms with Crippen molar-refractivity contribution in [3.63, 3.8) is 0 Å². The molecule has 0 spiro atoms. The summed E-state index contributed by atoms with van der Waals surface area (Å²) in [5.41, 5.74) is 1.61. The number of fused-ring (bicyclic) bond motifs is 1. The van der Waals surface area contributed by atoms with Crippen molar-refractivity contribution in [1.29, 1.82) is 0 Å². The summed E-state index contributed by atoms with van der Waals surface area (Å²) in [5, 5.41) is 11.1. The number of ether oxygens (including phenoxy) is 3. The second-order valence-corrected chi connectivity index (χ2v) is 9.24. The Morgan fingerprint density at radius 3 is 2.48 bits per heavy atom. The summed E-state index contributed by atoms with van der Waals surface area (Å²) in [6, 6.07) is 9.67. The number of nitrogens with zero attached hydrogens (tertiary/aromatic N) is 1. The zero-order valence-corrected chi connectivity index (χ0v) is 19.3. The van der Waals surface area contributed by atoms with Gasteiger partial charge in [-0.15, -0.1) is 0 Å². The van der Waals surface area contributed by atoms with E-state index < -0.39 is 35.1 Å². The number of aliphatic carboxylic acids is 1. The Hall–Kier alpha value is -3.31. The van der Waals surface area contributed by atoms with Crippen LogP contribution >= 0.6 is 0 Å². The van der Waals surface area contributed by atoms with Crippen molar-refractivity contribution < 1.29 is 37.3 Å². The van der Waals surface area contributed by atoms with E-state index in [1.807, 2.05) is 19.1 Å². The van der Waals surface area contributed by atoms with Gasteiger partial charge in [0.25, 0.3) is 10.0 Å². The molecule has 11 heteroatoms. The number of carboxylic acid groups (broad SMARTS) is 1. The van der Waals surface area contributed by atoms with Gasteiger partial charge in [-0.3, -0.25) is 9.10 Å². The third kappa shape index (κ3) is 5.20. The molecule has 1 heterocycles. The van der Waals surface area contributed by atoms with Crippen molar-refractivity contribution in [2.45, 2.75) is 30.7 Å². The molecule has 178 valence electrons. The van der Waals surface area contributed by atoms with Crippen molar-refractivity contribution >= 4 is 33.3 Å². The van der Waals surface area contributed by atoms with E-state index in [-0.39, 0.29) is 28.1 Å². The van der Waals surface area contributed by atoms with Gasteiger partial charge >= 0.3 is 5.97 Å². The second-order valence-electron chi connectivity index (χ2n) is 7.46. The van der Waals surface area contributed by atoms with Crippen LogP contribution in [-0.2, 0) is 30.8 Å². The third-order valence-corrected chi connectivity index (χ3v) is 7.17. The quantitative estimate of drug-likeness (QED) is 0.561. The van der Waals surface area contributed by atoms with Gasteiger partial charge in [0, 0.05) is 12.1 Å². The van der Waals surface area contributed by atoms with Crippen LogP contribution in [0.2, 0.25) is 0 Å². The van der Waals surface area contributed by atoms with Crippen LogP contribution in [-0.4, -0.2) is 58.9 Å². The van der Waals surface area contributed by atoms with Crippen LogP contribution in [0, 0.1) is 0 Å². The van der Waals surface area contributed by atoms with E-state index >= 15 is 0 Å². The van der Waals surface area contributed by atoms with Crippen molar-refractivity contribution in [2.24, 2.45) is 0 Å². The van der Waals surface area contributed by atoms with Crippen LogP contribution in [0.4, 0.5) is 11.4 Å². The van der Waals surface area contributed by atoms with Gasteiger partial charge in [0.15, 0.2) is 0 Å². The van der Waals surface area contributed by atoms with Gasteiger partial charge in [-0.2, -0.15) is 0 Å². The highest BCUT2D eigenvalue weighted by Crippen LogP contribution is 2.41. The summed E-state index contributed by atoms with van der Waals surface area (Å²) in [6.45, 7) is 0.672. The van der Waals surface area contributed by atoms with E-state index in [0.29, 0.717) is 12.1 Å². The number of methoxy groups -OCH3 is 2. The fourth-order valence-corrected chi connectivity index (χ4v) is 5.61. The first-order valence-electron chi connectivity index (χ1n) is 10.2. The molecule has 1 aliphatic heterocycles. The molecule has 0 aliphatic carbocycles. The number of aryl methyl sites for hydroxylation is 1. The first kappa shape index (κ1) is 24.3. The Kier molecular flexibility index (Phi) is 7.44. The number of carbonyl (C=O) groups excluding carboxylic acids is 1. The van der Waals surface area contributed by atoms with E-state index in [4.69, 9.17) is 19.3 Å². The minimum Gasteiger partial charge on any atom is -0.495 e. The number of benzene rings is 2. The maximum Gasteiger partial charge on any atom is 0.329 e. The first-order valence-corrected chi connectivity index (χ1v) is 11.6. The van der Waals surface area contributed by atoms with Gasteiger partial charge in [-0.25, -0.2) is 13.2 Å². The highest BCUT2D eigenvalue weighted by Gasteiger charge is 2.36. The third-order valence-electron chi connectivity index (χ3n) is 5.22. The predicted octanol–water partition coefficient (Wildman–Crippen LogP) is 2.27. The Bertz CT molecular complexity index is 1150. The SMILES string of the molecule is COc1cc(OC)c(S(=O)(=O)N2c3ccccc3CCC2C)cc1NC(=O)COCC(=O)O. The monoisotopic (exact) mass is 478 g/mol. The van der Waals surface area contributed by atoms with Gasteiger partial charge in [0.2, 0.25) is 5.91 Å². The molecular weight excluding hydrogens is 452 g/mol. The molecule has 0 radical (unpaired) electrons. The fourth-order valence-electron chi connectivity index (χ4n) is 3.71. The summed E-state index contributed by atoms with van der Waals surface area (Å²) in [5.74, 6) is -1.65. The second kappa shape index (κ2) is 10.1. The van der Waals surface area contributed by atoms with Crippen LogP contribution in [0.25, 0.3) is 0 Å². The van der Waals surface area contributed by atoms with E-state index in [0.717, 1.165) is 12.0 Å². The molecule has 1 atom stereocenters. The lowest BCUT2D eigenvalue weighted by Crippen LogP contribution is -2.42. The number of anilines is 2. The van der Waals surface area contributed by atoms with E-state index in [2.05, 4.69) is 5.32 Å². The molecular formula is C22H26N2O8S. The predicted molar refractivity (Wildman–Crippen MR) is 121 cm³/mol. The molecule has 1 aliphatic rings. The molecule has 3 rings (SSSR count). The van der Waals surface area contributed by atoms with E-state index in [1.165, 1.54) is 30.7 Å². The normalized spacial score (nSPS) is 15.5. The van der Waals surface area contributed by atoms with E-state index in [1.54, 1.807) is 12.1 Å². The molecule has 0 saturated carbocycles. The number of carboxylic acids is 1. The van der Waals surface area contributed by atoms with Crippen LogP contribution in [0.15, 0.2) is 41.3 Å². The minimum atomic E-state index is -4.09. The summed E-state index contributed by atoms with van der Waals surface area (Å²) >= 11 is 0. The molecule has 10 nitrogen and oxygen atoms in total. The molecule has 2 aromatic carbocycles. The maximum atomic E-state index is 13.8. The zero-order chi connectivity index (χ0) is 24.2. The van der Waals surface area contributed by atoms with Gasteiger partial charge in [-0.05, 0) is 37.5 Å². The molecule has 0 saturated heterocycles. The highest BCUT2D eigenvalue weighted by molar-refractivity contribution is 7.93. The summed E-state index contributed by atoms with van der Waals surface area (Å²) in [7, 11) is -1.38. The number of amides is 1. The van der Waals surface area contributed by atoms with Crippen LogP contribution in [0.3, 0.4) is 0 Å². The first-order chi connectivity index (χ1) is 15.7. The standard InChI is InChI=1S/C22H26N2O8S/c1-14-8-9-15-6-4-5-7-17(15)24(14)33(28,29)20-10-16(18(30-2)11-19(20)31-3)23-21(25)12-32-13-22(26)27/h4-7,10-11,14H,8-9,12-13H2,1-3H3,(H,23,25)(H,26,27). The summed E-state index contributed by atoms with van der Waals surface area (Å²) in [4.78, 5) is 22.6. The average molecular weight is 479 g/mol. The van der Waals surface area contributed by atoms with Gasteiger partial charge in [0.05, 0.1) is 25.6 Å². The summed E-state index contributed by atoms with van der Waals surface area (Å²) < 4.78 is 44.5. The van der Waals surface area contributed by atoms with Crippen molar-refractivity contribution in [2.75, 3.05) is 37.1 Å². The Labute approximate surface area is 192 Å². The zero-order valence-electron chi connectivity index (χ0n) is 18.5. The number of sulfonamides is 1. The Morgan fingerprint density at radius 1 is 1.12 bits per heavy atom. The Balaban J connectivity index is 2.02. The number of carbonyl (C=O) groups is 2. The lowest BCUT2D eigenvalue weighted by Gasteiger charge is -2.36. The largest absolute Gasteiger partial charge is 0.495 e. The minimum absolute atomic E-state index is 0.0576. The number of para-hydroxylation sites is 1. The fraction of sp³-hybridized carbons (Fsp3) is 0.364. The molecule has 2 N–H and O–H groups in total. The molecule has 33 heavy (non-hydrogen) atoms. The van der Waals surface area contributed by atoms with Crippen molar-refractivity contribution in [3.05, 3.63) is 42.0 Å². The lowest BCUT2D eigenvalue weighted by molar-refractivity contribution is -0.143. The molecule has 2 aromatic rings. The van der Waals surface area contributed by atoms with Crippen molar-refractivity contribution in [1.82, 2.24) is 0 Å². The van der Waals surface area contributed by atoms with Gasteiger partial charge < -0.3 is 24.6 Å². The van der Waals surface area contributed by atoms with Crippen LogP contribution in [0.1, 0.15) is 18.9 Å².